The van der Waals surface area contributed by atoms with Gasteiger partial charge in [0.25, 0.3) is 5.69 Å². The largest absolute Gasteiger partial charge is 0.506 e. The number of aliphatic hydroxyl groups is 1. The minimum Gasteiger partial charge on any atom is -0.506 e. The first kappa shape index (κ1) is 19.4. The lowest BCUT2D eigenvalue weighted by molar-refractivity contribution is -0.384. The Balaban J connectivity index is 2.46. The molecule has 9 nitrogen and oxygen atoms in total. The number of esters is 1. The zero-order valence-corrected chi connectivity index (χ0v) is 14.7. The molecule has 1 N–H and O–H groups in total. The maximum atomic E-state index is 12.4. The van der Waals surface area contributed by atoms with Crippen LogP contribution in [-0.4, -0.2) is 59.6 Å². The molecule has 0 bridgehead atoms. The summed E-state index contributed by atoms with van der Waals surface area (Å²) >= 11 is 0. The zero-order valence-electron chi connectivity index (χ0n) is 14.7. The highest BCUT2D eigenvalue weighted by atomic mass is 16.6. The van der Waals surface area contributed by atoms with Crippen molar-refractivity contribution < 1.29 is 24.3 Å². The van der Waals surface area contributed by atoms with Crippen LogP contribution in [-0.2, 0) is 14.3 Å². The van der Waals surface area contributed by atoms with Gasteiger partial charge in [-0.2, -0.15) is 5.10 Å². The summed E-state index contributed by atoms with van der Waals surface area (Å²) in [6.45, 7) is 5.51. The molecule has 1 aliphatic rings. The van der Waals surface area contributed by atoms with Crippen molar-refractivity contribution in [2.24, 2.45) is 5.10 Å². The molecule has 0 aliphatic carbocycles. The summed E-state index contributed by atoms with van der Waals surface area (Å²) in [5, 5.41) is 27.7. The van der Waals surface area contributed by atoms with E-state index in [1.54, 1.807) is 18.9 Å². The number of nitro benzene ring substituents is 1. The molecule has 1 heterocycles. The fraction of sp³-hybridized carbons (Fsp3) is 0.412. The minimum atomic E-state index is -0.744. The van der Waals surface area contributed by atoms with Gasteiger partial charge in [0.05, 0.1) is 43.5 Å². The van der Waals surface area contributed by atoms with Crippen molar-refractivity contribution in [1.82, 2.24) is 5.01 Å². The van der Waals surface area contributed by atoms with Gasteiger partial charge in [0.2, 0.25) is 0 Å². The lowest BCUT2D eigenvalue weighted by atomic mass is 10.0. The molecule has 140 valence electrons. The molecule has 0 saturated carbocycles. The number of benzene rings is 1. The van der Waals surface area contributed by atoms with Crippen LogP contribution in [0, 0.1) is 10.1 Å². The van der Waals surface area contributed by atoms with E-state index in [0.29, 0.717) is 26.3 Å². The van der Waals surface area contributed by atoms with Gasteiger partial charge in [0, 0.05) is 17.7 Å². The van der Waals surface area contributed by atoms with Gasteiger partial charge in [-0.15, -0.1) is 0 Å². The Labute approximate surface area is 150 Å². The first-order valence-corrected chi connectivity index (χ1v) is 8.17. The summed E-state index contributed by atoms with van der Waals surface area (Å²) in [5.74, 6) is -1.16. The van der Waals surface area contributed by atoms with E-state index < -0.39 is 16.7 Å². The second kappa shape index (κ2) is 8.95. The fourth-order valence-electron chi connectivity index (χ4n) is 2.45. The summed E-state index contributed by atoms with van der Waals surface area (Å²) in [6, 6.07) is 5.40. The summed E-state index contributed by atoms with van der Waals surface area (Å²) in [4.78, 5) is 22.7. The number of nitro groups is 1. The number of aliphatic hydroxyl groups excluding tert-OH is 1. The highest BCUT2D eigenvalue weighted by Gasteiger charge is 2.23. The van der Waals surface area contributed by atoms with Gasteiger partial charge in [-0.3, -0.25) is 15.1 Å². The van der Waals surface area contributed by atoms with Crippen LogP contribution >= 0.6 is 0 Å². The summed E-state index contributed by atoms with van der Waals surface area (Å²) in [6.07, 6.45) is 0. The molecule has 0 aromatic heterocycles. The number of ether oxygens (including phenoxy) is 2. The second-order valence-corrected chi connectivity index (χ2v) is 5.50. The van der Waals surface area contributed by atoms with Crippen molar-refractivity contribution in [3.05, 3.63) is 45.5 Å². The van der Waals surface area contributed by atoms with Crippen LogP contribution in [0.1, 0.15) is 19.4 Å². The Morgan fingerprint density at radius 2 is 2.12 bits per heavy atom. The molecule has 0 unspecified atom stereocenters. The molecule has 1 aromatic rings. The van der Waals surface area contributed by atoms with E-state index in [4.69, 9.17) is 9.47 Å². The van der Waals surface area contributed by atoms with Gasteiger partial charge in [-0.25, -0.2) is 4.79 Å². The van der Waals surface area contributed by atoms with Crippen molar-refractivity contribution in [3.63, 3.8) is 0 Å². The fourth-order valence-corrected chi connectivity index (χ4v) is 2.45. The first-order valence-electron chi connectivity index (χ1n) is 8.17. The molecule has 1 saturated heterocycles. The van der Waals surface area contributed by atoms with Gasteiger partial charge < -0.3 is 14.6 Å². The van der Waals surface area contributed by atoms with E-state index in [-0.39, 0.29) is 29.1 Å². The topological polar surface area (TPSA) is 114 Å². The molecule has 0 amide bonds. The van der Waals surface area contributed by atoms with E-state index in [2.05, 4.69) is 5.10 Å². The minimum absolute atomic E-state index is 0.120. The Hall–Kier alpha value is -2.94. The molecular weight excluding hydrogens is 342 g/mol. The standard InChI is InChI=1S/C17H21N3O6/c1-3-26-17(22)15(12(2)18-19-7-9-25-10-8-19)16(21)13-5-4-6-14(11-13)20(23)24/h4-6,11,21H,3,7-10H2,1-2H3. The average molecular weight is 363 g/mol. The molecule has 1 aliphatic heterocycles. The molecule has 1 aromatic carbocycles. The second-order valence-electron chi connectivity index (χ2n) is 5.50. The maximum Gasteiger partial charge on any atom is 0.343 e. The Kier molecular flexibility index (Phi) is 6.67. The van der Waals surface area contributed by atoms with E-state index in [1.165, 1.54) is 24.3 Å². The number of non-ortho nitro benzene ring substituents is 1. The SMILES string of the molecule is CCOC(=O)C(C(C)=NN1CCOCC1)=C(O)c1cccc([N+](=O)[O-])c1. The van der Waals surface area contributed by atoms with Crippen LogP contribution < -0.4 is 0 Å². The average Bonchev–Trinajstić information content (AvgIpc) is 2.63. The van der Waals surface area contributed by atoms with Crippen LogP contribution in [0.4, 0.5) is 5.69 Å². The third kappa shape index (κ3) is 4.79. The number of nitrogens with zero attached hydrogens (tertiary/aromatic N) is 3. The lowest BCUT2D eigenvalue weighted by Crippen LogP contribution is -2.33. The van der Waals surface area contributed by atoms with Crippen LogP contribution in [0.25, 0.3) is 5.76 Å². The van der Waals surface area contributed by atoms with E-state index in [1.807, 2.05) is 0 Å². The third-order valence-electron chi connectivity index (χ3n) is 3.69. The van der Waals surface area contributed by atoms with E-state index in [0.717, 1.165) is 0 Å². The number of rotatable bonds is 6. The Bertz CT molecular complexity index is 738. The quantitative estimate of drug-likeness (QED) is 0.206. The third-order valence-corrected chi connectivity index (χ3v) is 3.69. The first-order chi connectivity index (χ1) is 12.4. The van der Waals surface area contributed by atoms with Gasteiger partial charge in [-0.05, 0) is 13.8 Å². The number of hydrazone groups is 1. The highest BCUT2D eigenvalue weighted by Crippen LogP contribution is 2.23. The number of carbonyl (C=O) groups excluding carboxylic acids is 1. The van der Waals surface area contributed by atoms with Crippen LogP contribution in [0.3, 0.4) is 0 Å². The van der Waals surface area contributed by atoms with Crippen molar-refractivity contribution in [1.29, 1.82) is 0 Å². The van der Waals surface area contributed by atoms with Crippen LogP contribution in [0.2, 0.25) is 0 Å². The molecular formula is C17H21N3O6. The van der Waals surface area contributed by atoms with Crippen LogP contribution in [0.15, 0.2) is 34.9 Å². The molecule has 1 fully saturated rings. The van der Waals surface area contributed by atoms with Crippen molar-refractivity contribution in [2.75, 3.05) is 32.9 Å². The molecule has 0 radical (unpaired) electrons. The Morgan fingerprint density at radius 1 is 1.42 bits per heavy atom. The van der Waals surface area contributed by atoms with Crippen molar-refractivity contribution in [2.45, 2.75) is 13.8 Å². The summed E-state index contributed by atoms with van der Waals surface area (Å²) in [5.41, 5.74) is 0.0759. The van der Waals surface area contributed by atoms with E-state index >= 15 is 0 Å². The van der Waals surface area contributed by atoms with Gasteiger partial charge in [-0.1, -0.05) is 12.1 Å². The number of hydrogen-bond acceptors (Lipinski definition) is 8. The van der Waals surface area contributed by atoms with Crippen molar-refractivity contribution >= 4 is 23.1 Å². The smallest absolute Gasteiger partial charge is 0.343 e. The number of hydrogen-bond donors (Lipinski definition) is 1. The molecule has 2 rings (SSSR count). The predicted octanol–water partition coefficient (Wildman–Crippen LogP) is 2.14. The van der Waals surface area contributed by atoms with Gasteiger partial charge >= 0.3 is 5.97 Å². The lowest BCUT2D eigenvalue weighted by Gasteiger charge is -2.25. The zero-order chi connectivity index (χ0) is 19.1. The monoisotopic (exact) mass is 363 g/mol. The molecule has 26 heavy (non-hydrogen) atoms. The summed E-state index contributed by atoms with van der Waals surface area (Å²) < 4.78 is 10.3. The molecule has 9 heteroatoms. The number of morpholine rings is 1. The van der Waals surface area contributed by atoms with Gasteiger partial charge in [0.15, 0.2) is 0 Å². The number of carbonyl (C=O) groups is 1. The molecule has 0 atom stereocenters. The predicted molar refractivity (Wildman–Crippen MR) is 94.8 cm³/mol. The van der Waals surface area contributed by atoms with Crippen molar-refractivity contribution in [3.8, 4) is 0 Å². The Morgan fingerprint density at radius 3 is 2.73 bits per heavy atom. The molecule has 0 spiro atoms. The van der Waals surface area contributed by atoms with Gasteiger partial charge in [0.1, 0.15) is 11.3 Å². The maximum absolute atomic E-state index is 12.4. The normalized spacial score (nSPS) is 16.1. The summed E-state index contributed by atoms with van der Waals surface area (Å²) in [7, 11) is 0. The van der Waals surface area contributed by atoms with E-state index in [9.17, 15) is 20.0 Å². The van der Waals surface area contributed by atoms with Crippen LogP contribution in [0.5, 0.6) is 0 Å². The highest BCUT2D eigenvalue weighted by molar-refractivity contribution is 6.23.